The van der Waals surface area contributed by atoms with Gasteiger partial charge in [-0.2, -0.15) is 0 Å². The van der Waals surface area contributed by atoms with Crippen molar-refractivity contribution in [2.45, 2.75) is 64.1 Å². The molecule has 6 rings (SSSR count). The van der Waals surface area contributed by atoms with Gasteiger partial charge in [0, 0.05) is 70.0 Å². The van der Waals surface area contributed by atoms with E-state index in [4.69, 9.17) is 17.3 Å². The van der Waals surface area contributed by atoms with E-state index in [0.717, 1.165) is 48.6 Å². The molecule has 0 bridgehead atoms. The van der Waals surface area contributed by atoms with Crippen LogP contribution in [0.25, 0.3) is 0 Å². The number of anilines is 2. The number of urea groups is 1. The molecule has 2 aromatic carbocycles. The Morgan fingerprint density at radius 1 is 0.935 bits per heavy atom. The normalized spacial score (nSPS) is 21.2. The number of hydrogen-bond acceptors (Lipinski definition) is 6. The number of benzene rings is 2. The van der Waals surface area contributed by atoms with Crippen LogP contribution in [0, 0.1) is 12.8 Å². The average molecular weight is 650 g/mol. The van der Waals surface area contributed by atoms with E-state index >= 15 is 0 Å². The predicted octanol–water partition coefficient (Wildman–Crippen LogP) is 4.06. The van der Waals surface area contributed by atoms with Gasteiger partial charge in [-0.25, -0.2) is 4.79 Å². The van der Waals surface area contributed by atoms with Crippen LogP contribution < -0.4 is 11.1 Å². The summed E-state index contributed by atoms with van der Waals surface area (Å²) in [7, 11) is 2.18. The molecule has 46 heavy (non-hydrogen) atoms. The van der Waals surface area contributed by atoms with Gasteiger partial charge in [0.25, 0.3) is 0 Å². The number of halogens is 1. The van der Waals surface area contributed by atoms with E-state index < -0.39 is 5.92 Å². The van der Waals surface area contributed by atoms with Crippen LogP contribution in [-0.2, 0) is 22.6 Å². The maximum Gasteiger partial charge on any atom is 0.322 e. The Balaban J connectivity index is 1.09. The SMILES string of the molecule is Cc1cc(C[C@@H](CC(=O)N2CCC(N3Cc4ccccc4NC3=O)CC2)C(=O)N2CCN(C3CCN(C)CC3)CC2)cc(Cl)c1N. The smallest absolute Gasteiger partial charge is 0.322 e. The van der Waals surface area contributed by atoms with Crippen LogP contribution in [0.5, 0.6) is 0 Å². The predicted molar refractivity (Wildman–Crippen MR) is 182 cm³/mol. The van der Waals surface area contributed by atoms with E-state index in [1.165, 1.54) is 12.8 Å². The molecule has 4 aliphatic heterocycles. The minimum atomic E-state index is -0.483. The Hall–Kier alpha value is -3.34. The number of hydrogen-bond donors (Lipinski definition) is 2. The Morgan fingerprint density at radius 2 is 1.61 bits per heavy atom. The van der Waals surface area contributed by atoms with E-state index in [0.29, 0.717) is 68.7 Å². The van der Waals surface area contributed by atoms with E-state index in [-0.39, 0.29) is 30.3 Å². The van der Waals surface area contributed by atoms with Crippen molar-refractivity contribution in [2.24, 2.45) is 5.92 Å². The number of piperidine rings is 2. The Labute approximate surface area is 277 Å². The number of nitrogens with one attached hydrogen (secondary N) is 1. The average Bonchev–Trinajstić information content (AvgIpc) is 3.06. The highest BCUT2D eigenvalue weighted by Gasteiger charge is 2.36. The molecule has 0 radical (unpaired) electrons. The zero-order chi connectivity index (χ0) is 32.4. The van der Waals surface area contributed by atoms with E-state index in [2.05, 4.69) is 22.2 Å². The van der Waals surface area contributed by atoms with Crippen LogP contribution in [0.1, 0.15) is 48.8 Å². The van der Waals surface area contributed by atoms with E-state index in [1.807, 2.05) is 58.0 Å². The van der Waals surface area contributed by atoms with Gasteiger partial charge in [-0.15, -0.1) is 0 Å². The highest BCUT2D eigenvalue weighted by Crippen LogP contribution is 2.30. The van der Waals surface area contributed by atoms with Crippen molar-refractivity contribution in [1.29, 1.82) is 0 Å². The largest absolute Gasteiger partial charge is 0.397 e. The van der Waals surface area contributed by atoms with Gasteiger partial charge in [-0.05, 0) is 88.0 Å². The molecule has 11 heteroatoms. The zero-order valence-electron chi connectivity index (χ0n) is 27.2. The van der Waals surface area contributed by atoms with Crippen molar-refractivity contribution < 1.29 is 14.4 Å². The molecule has 0 spiro atoms. The number of nitrogen functional groups attached to an aromatic ring is 1. The number of para-hydroxylation sites is 1. The van der Waals surface area contributed by atoms with Gasteiger partial charge in [0.15, 0.2) is 0 Å². The summed E-state index contributed by atoms with van der Waals surface area (Å²) in [6, 6.07) is 12.3. The number of carbonyl (C=O) groups is 3. The second-order valence-electron chi connectivity index (χ2n) is 13.6. The van der Waals surface area contributed by atoms with Crippen LogP contribution >= 0.6 is 11.6 Å². The Bertz CT molecular complexity index is 1410. The summed E-state index contributed by atoms with van der Waals surface area (Å²) in [4.78, 5) is 51.4. The topological polar surface area (TPSA) is 105 Å². The first kappa shape index (κ1) is 32.6. The molecule has 0 aliphatic carbocycles. The monoisotopic (exact) mass is 649 g/mol. The highest BCUT2D eigenvalue weighted by atomic mass is 35.5. The van der Waals surface area contributed by atoms with Gasteiger partial charge in [0.05, 0.1) is 16.6 Å². The third-order valence-corrected chi connectivity index (χ3v) is 10.9. The van der Waals surface area contributed by atoms with Crippen LogP contribution in [0.4, 0.5) is 16.2 Å². The number of rotatable bonds is 7. The molecule has 2 aromatic rings. The second kappa shape index (κ2) is 14.2. The molecule has 0 unspecified atom stereocenters. The molecule has 0 aromatic heterocycles. The number of amides is 4. The lowest BCUT2D eigenvalue weighted by atomic mass is 9.92. The minimum absolute atomic E-state index is 0.00605. The van der Waals surface area contributed by atoms with Gasteiger partial charge < -0.3 is 30.7 Å². The van der Waals surface area contributed by atoms with Crippen LogP contribution in [0.2, 0.25) is 5.02 Å². The van der Waals surface area contributed by atoms with Gasteiger partial charge in [-0.1, -0.05) is 35.9 Å². The van der Waals surface area contributed by atoms with E-state index in [1.54, 1.807) is 0 Å². The van der Waals surface area contributed by atoms with Gasteiger partial charge >= 0.3 is 6.03 Å². The van der Waals surface area contributed by atoms with E-state index in [9.17, 15) is 14.4 Å². The molecule has 3 fully saturated rings. The first-order valence-corrected chi connectivity index (χ1v) is 17.2. The summed E-state index contributed by atoms with van der Waals surface area (Å²) in [5.74, 6) is -0.447. The molecule has 3 N–H and O–H groups in total. The summed E-state index contributed by atoms with van der Waals surface area (Å²) in [6.07, 6.45) is 4.36. The summed E-state index contributed by atoms with van der Waals surface area (Å²) in [5, 5.41) is 3.49. The van der Waals surface area contributed by atoms with Crippen molar-refractivity contribution in [1.82, 2.24) is 24.5 Å². The fourth-order valence-corrected chi connectivity index (χ4v) is 7.97. The minimum Gasteiger partial charge on any atom is -0.397 e. The van der Waals surface area contributed by atoms with Crippen molar-refractivity contribution in [3.63, 3.8) is 0 Å². The summed E-state index contributed by atoms with van der Waals surface area (Å²) < 4.78 is 0. The van der Waals surface area contributed by atoms with Crippen molar-refractivity contribution in [3.8, 4) is 0 Å². The van der Waals surface area contributed by atoms with Crippen LogP contribution in [0.3, 0.4) is 0 Å². The van der Waals surface area contributed by atoms with Crippen LogP contribution in [0.15, 0.2) is 36.4 Å². The quantitative estimate of drug-likeness (QED) is 0.439. The first-order chi connectivity index (χ1) is 22.2. The molecule has 0 saturated carbocycles. The van der Waals surface area contributed by atoms with Crippen molar-refractivity contribution >= 4 is 40.8 Å². The maximum atomic E-state index is 14.1. The number of nitrogens with two attached hydrogens (primary N) is 1. The summed E-state index contributed by atoms with van der Waals surface area (Å²) in [6.45, 7) is 8.98. The fraction of sp³-hybridized carbons (Fsp3) is 0.571. The van der Waals surface area contributed by atoms with Gasteiger partial charge in [0.1, 0.15) is 0 Å². The maximum absolute atomic E-state index is 14.1. The third-order valence-electron chi connectivity index (χ3n) is 10.6. The van der Waals surface area contributed by atoms with Crippen molar-refractivity contribution in [2.75, 3.05) is 70.5 Å². The lowest BCUT2D eigenvalue weighted by Gasteiger charge is -2.43. The number of piperazine rings is 1. The molecule has 3 saturated heterocycles. The number of fused-ring (bicyclic) bond motifs is 1. The lowest BCUT2D eigenvalue weighted by molar-refractivity contribution is -0.143. The summed E-state index contributed by atoms with van der Waals surface area (Å²) >= 11 is 6.44. The second-order valence-corrected chi connectivity index (χ2v) is 14.0. The molecule has 1 atom stereocenters. The summed E-state index contributed by atoms with van der Waals surface area (Å²) in [5.41, 5.74) is 10.4. The molecule has 4 heterocycles. The number of aryl methyl sites for hydroxylation is 1. The molecular formula is C35H48ClN7O3. The number of carbonyl (C=O) groups excluding carboxylic acids is 3. The molecular weight excluding hydrogens is 602 g/mol. The lowest BCUT2D eigenvalue weighted by Crippen LogP contribution is -2.55. The Kier molecular flexibility index (Phi) is 10.1. The number of nitrogens with zero attached hydrogens (tertiary/aromatic N) is 5. The fourth-order valence-electron chi connectivity index (χ4n) is 7.69. The van der Waals surface area contributed by atoms with Gasteiger partial charge in [0.2, 0.25) is 11.8 Å². The number of likely N-dealkylation sites (tertiary alicyclic amines) is 2. The standard InChI is InChI=1S/C35H48ClN7O3/c1-24-19-25(21-30(36)33(24)37)20-27(34(45)42-17-15-40(16-18-42)28-7-11-39(2)12-8-28)22-32(44)41-13-9-29(10-14-41)43-23-26-5-3-4-6-31(26)38-35(43)46/h3-6,19,21,27-29H,7-18,20,22-23,37H2,1-2H3,(H,38,46)/t27-/m0/s1. The van der Waals surface area contributed by atoms with Crippen molar-refractivity contribution in [3.05, 3.63) is 58.1 Å². The Morgan fingerprint density at radius 3 is 2.30 bits per heavy atom. The zero-order valence-corrected chi connectivity index (χ0v) is 28.0. The molecule has 10 nitrogen and oxygen atoms in total. The third kappa shape index (κ3) is 7.29. The molecule has 4 amide bonds. The van der Waals surface area contributed by atoms with Crippen LogP contribution in [-0.4, -0.2) is 114 Å². The molecule has 248 valence electrons. The first-order valence-electron chi connectivity index (χ1n) is 16.9. The molecule has 4 aliphatic rings. The highest BCUT2D eigenvalue weighted by molar-refractivity contribution is 6.33. The van der Waals surface area contributed by atoms with Gasteiger partial charge in [-0.3, -0.25) is 14.5 Å².